The van der Waals surface area contributed by atoms with Gasteiger partial charge in [0.15, 0.2) is 0 Å². The van der Waals surface area contributed by atoms with Gasteiger partial charge in [-0.1, -0.05) is 0 Å². The van der Waals surface area contributed by atoms with E-state index in [0.717, 1.165) is 19.6 Å². The Hall–Kier alpha value is -2.45. The molecule has 0 aliphatic carbocycles. The Balaban J connectivity index is 1.49. The topological polar surface area (TPSA) is 81.0 Å². The Labute approximate surface area is 142 Å². The number of furan rings is 1. The fourth-order valence-electron chi connectivity index (χ4n) is 2.69. The van der Waals surface area contributed by atoms with Crippen molar-refractivity contribution >= 4 is 29.2 Å². The minimum Gasteiger partial charge on any atom is -0.401 e. The molecule has 1 amide bonds. The van der Waals surface area contributed by atoms with Crippen molar-refractivity contribution in [3.8, 4) is 0 Å². The molecule has 1 N–H and O–H groups in total. The molecule has 3 heterocycles. The van der Waals surface area contributed by atoms with Gasteiger partial charge < -0.3 is 14.2 Å². The summed E-state index contributed by atoms with van der Waals surface area (Å²) >= 11 is 1.70. The predicted molar refractivity (Wildman–Crippen MR) is 89.7 cm³/mol. The zero-order valence-electron chi connectivity index (χ0n) is 13.0. The highest BCUT2D eigenvalue weighted by molar-refractivity contribution is 7.07. The van der Waals surface area contributed by atoms with Crippen molar-refractivity contribution in [2.24, 2.45) is 0 Å². The second-order valence-electron chi connectivity index (χ2n) is 5.65. The van der Waals surface area contributed by atoms with E-state index in [4.69, 9.17) is 4.42 Å². The summed E-state index contributed by atoms with van der Waals surface area (Å²) in [6.45, 7) is 4.25. The molecule has 1 aliphatic heterocycles. The molecular formula is C16H18N3O4S+. The van der Waals surface area contributed by atoms with Crippen molar-refractivity contribution in [2.45, 2.75) is 6.54 Å². The lowest BCUT2D eigenvalue weighted by molar-refractivity contribution is -0.917. The molecule has 0 bridgehead atoms. The average Bonchev–Trinajstić information content (AvgIpc) is 3.25. The Morgan fingerprint density at radius 1 is 1.38 bits per heavy atom. The van der Waals surface area contributed by atoms with E-state index in [1.54, 1.807) is 16.2 Å². The number of quaternary nitrogens is 1. The maximum absolute atomic E-state index is 12.2. The van der Waals surface area contributed by atoms with Gasteiger partial charge in [-0.25, -0.2) is 0 Å². The maximum atomic E-state index is 12.2. The third kappa shape index (κ3) is 4.09. The van der Waals surface area contributed by atoms with Gasteiger partial charge in [-0.3, -0.25) is 14.9 Å². The summed E-state index contributed by atoms with van der Waals surface area (Å²) in [5.74, 6) is -0.117. The summed E-state index contributed by atoms with van der Waals surface area (Å²) in [7, 11) is 0. The Morgan fingerprint density at radius 2 is 2.17 bits per heavy atom. The molecular weight excluding hydrogens is 330 g/mol. The fraction of sp³-hybridized carbons (Fsp3) is 0.312. The fourth-order valence-corrected chi connectivity index (χ4v) is 3.36. The quantitative estimate of drug-likeness (QED) is 0.500. The second kappa shape index (κ2) is 7.41. The predicted octanol–water partition coefficient (Wildman–Crippen LogP) is 1.19. The van der Waals surface area contributed by atoms with Crippen LogP contribution in [0.4, 0.5) is 5.88 Å². The van der Waals surface area contributed by atoms with Crippen LogP contribution in [0.2, 0.25) is 0 Å². The van der Waals surface area contributed by atoms with E-state index in [-0.39, 0.29) is 11.8 Å². The molecule has 24 heavy (non-hydrogen) atoms. The van der Waals surface area contributed by atoms with Gasteiger partial charge >= 0.3 is 5.88 Å². The molecule has 126 valence electrons. The van der Waals surface area contributed by atoms with Gasteiger partial charge in [-0.15, -0.1) is 0 Å². The lowest BCUT2D eigenvalue weighted by Crippen LogP contribution is -3.13. The van der Waals surface area contributed by atoms with E-state index in [1.165, 1.54) is 34.7 Å². The minimum atomic E-state index is -0.603. The first-order valence-electron chi connectivity index (χ1n) is 7.67. The van der Waals surface area contributed by atoms with Crippen LogP contribution >= 0.6 is 11.3 Å². The van der Waals surface area contributed by atoms with Crippen LogP contribution < -0.4 is 4.90 Å². The molecule has 0 unspecified atom stereocenters. The molecule has 7 nitrogen and oxygen atoms in total. The average molecular weight is 348 g/mol. The van der Waals surface area contributed by atoms with Crippen LogP contribution in [0.5, 0.6) is 0 Å². The number of piperazine rings is 1. The molecule has 1 fully saturated rings. The number of carbonyl (C=O) groups excluding carboxylic acids is 1. The molecule has 3 rings (SSSR count). The summed E-state index contributed by atoms with van der Waals surface area (Å²) in [5.41, 5.74) is 1.34. The largest absolute Gasteiger partial charge is 0.433 e. The van der Waals surface area contributed by atoms with Gasteiger partial charge in [0.2, 0.25) is 5.91 Å². The standard InChI is InChI=1S/C16H17N3O4S/c20-15(3-1-14-2-4-16(23-14)19(21)22)18-8-6-17(7-9-18)11-13-5-10-24-12-13/h1-5,10,12H,6-9,11H2/p+1/b3-1+. The summed E-state index contributed by atoms with van der Waals surface area (Å²) in [5, 5.41) is 14.8. The SMILES string of the molecule is O=C(/C=C/c1ccc([N+](=O)[O-])o1)N1CC[NH+](Cc2ccsc2)CC1. The van der Waals surface area contributed by atoms with Crippen LogP contribution in [-0.4, -0.2) is 41.9 Å². The van der Waals surface area contributed by atoms with Gasteiger partial charge in [0, 0.05) is 11.6 Å². The molecule has 0 radical (unpaired) electrons. The highest BCUT2D eigenvalue weighted by atomic mass is 32.1. The normalized spacial score (nSPS) is 15.9. The number of carbonyl (C=O) groups is 1. The van der Waals surface area contributed by atoms with Crippen LogP contribution in [0, 0.1) is 10.1 Å². The first-order chi connectivity index (χ1) is 11.6. The van der Waals surface area contributed by atoms with Crippen molar-refractivity contribution in [1.82, 2.24) is 4.90 Å². The van der Waals surface area contributed by atoms with Crippen molar-refractivity contribution in [2.75, 3.05) is 26.2 Å². The molecule has 0 aromatic carbocycles. The summed E-state index contributed by atoms with van der Waals surface area (Å²) < 4.78 is 5.00. The number of amides is 1. The van der Waals surface area contributed by atoms with E-state index in [0.29, 0.717) is 18.8 Å². The second-order valence-corrected chi connectivity index (χ2v) is 6.43. The van der Waals surface area contributed by atoms with Crippen LogP contribution in [0.1, 0.15) is 11.3 Å². The summed E-state index contributed by atoms with van der Waals surface area (Å²) in [6, 6.07) is 4.89. The number of rotatable bonds is 5. The maximum Gasteiger partial charge on any atom is 0.433 e. The first-order valence-corrected chi connectivity index (χ1v) is 8.62. The van der Waals surface area contributed by atoms with Gasteiger partial charge in [0.05, 0.1) is 32.2 Å². The Bertz CT molecular complexity index is 730. The van der Waals surface area contributed by atoms with Crippen LogP contribution in [-0.2, 0) is 11.3 Å². The van der Waals surface area contributed by atoms with Gasteiger partial charge in [-0.05, 0) is 29.0 Å². The number of nitrogens with zero attached hydrogens (tertiary/aromatic N) is 2. The minimum absolute atomic E-state index is 0.0939. The Kier molecular flexibility index (Phi) is 5.07. The zero-order valence-corrected chi connectivity index (χ0v) is 13.8. The smallest absolute Gasteiger partial charge is 0.401 e. The molecule has 1 aliphatic rings. The van der Waals surface area contributed by atoms with Crippen LogP contribution in [0.15, 0.2) is 39.5 Å². The van der Waals surface area contributed by atoms with E-state index in [1.807, 2.05) is 0 Å². The zero-order chi connectivity index (χ0) is 16.9. The molecule has 8 heteroatoms. The lowest BCUT2D eigenvalue weighted by atomic mass is 10.2. The van der Waals surface area contributed by atoms with Crippen molar-refractivity contribution in [3.63, 3.8) is 0 Å². The molecule has 2 aromatic rings. The lowest BCUT2D eigenvalue weighted by Gasteiger charge is -2.31. The summed E-state index contributed by atoms with van der Waals surface area (Å²) in [4.78, 5) is 25.4. The molecule has 2 aromatic heterocycles. The van der Waals surface area contributed by atoms with Gasteiger partial charge in [-0.2, -0.15) is 11.3 Å². The highest BCUT2D eigenvalue weighted by Crippen LogP contribution is 2.16. The number of nitro groups is 1. The number of hydrogen-bond donors (Lipinski definition) is 1. The van der Waals surface area contributed by atoms with Crippen LogP contribution in [0.3, 0.4) is 0 Å². The first kappa shape index (κ1) is 16.4. The Morgan fingerprint density at radius 3 is 2.79 bits per heavy atom. The van der Waals surface area contributed by atoms with Crippen molar-refractivity contribution in [3.05, 3.63) is 56.5 Å². The molecule has 0 saturated carbocycles. The number of nitrogens with one attached hydrogen (secondary N) is 1. The van der Waals surface area contributed by atoms with Crippen molar-refractivity contribution < 1.29 is 19.0 Å². The highest BCUT2D eigenvalue weighted by Gasteiger charge is 2.22. The van der Waals surface area contributed by atoms with E-state index in [9.17, 15) is 14.9 Å². The molecule has 0 atom stereocenters. The molecule has 0 spiro atoms. The third-order valence-corrected chi connectivity index (χ3v) is 4.73. The van der Waals surface area contributed by atoms with E-state index < -0.39 is 4.92 Å². The van der Waals surface area contributed by atoms with Crippen LogP contribution in [0.25, 0.3) is 6.08 Å². The van der Waals surface area contributed by atoms with E-state index >= 15 is 0 Å². The number of hydrogen-bond acceptors (Lipinski definition) is 5. The van der Waals surface area contributed by atoms with Gasteiger partial charge in [0.25, 0.3) is 0 Å². The number of thiophene rings is 1. The van der Waals surface area contributed by atoms with E-state index in [2.05, 4.69) is 16.8 Å². The third-order valence-electron chi connectivity index (χ3n) is 4.00. The summed E-state index contributed by atoms with van der Waals surface area (Å²) in [6.07, 6.45) is 2.88. The van der Waals surface area contributed by atoms with Crippen molar-refractivity contribution in [1.29, 1.82) is 0 Å². The monoisotopic (exact) mass is 348 g/mol. The molecule has 1 saturated heterocycles. The van der Waals surface area contributed by atoms with Gasteiger partial charge in [0.1, 0.15) is 17.2 Å².